The number of ether oxygens (including phenoxy) is 1. The summed E-state index contributed by atoms with van der Waals surface area (Å²) in [6.45, 7) is 0.0579. The van der Waals surface area contributed by atoms with Crippen LogP contribution in [0.3, 0.4) is 0 Å². The number of para-hydroxylation sites is 1. The molecule has 3 rings (SSSR count). The van der Waals surface area contributed by atoms with Crippen molar-refractivity contribution in [3.63, 3.8) is 0 Å². The van der Waals surface area contributed by atoms with E-state index in [-0.39, 0.29) is 12.4 Å². The number of furan rings is 1. The second kappa shape index (κ2) is 8.36. The van der Waals surface area contributed by atoms with Crippen LogP contribution in [0, 0.1) is 11.3 Å². The minimum absolute atomic E-state index is 0.0236. The summed E-state index contributed by atoms with van der Waals surface area (Å²) in [6.07, 6.45) is 0. The summed E-state index contributed by atoms with van der Waals surface area (Å²) < 4.78 is 11.0. The molecule has 1 heterocycles. The normalized spacial score (nSPS) is 9.89. The van der Waals surface area contributed by atoms with Gasteiger partial charge >= 0.3 is 5.91 Å². The number of benzene rings is 2. The highest BCUT2D eigenvalue weighted by molar-refractivity contribution is 5.97. The number of carbonyl (C=O) groups excluding carboxylic acids is 2. The molecular weight excluding hydrogens is 346 g/mol. The quantitative estimate of drug-likeness (QED) is 0.680. The molecule has 2 N–H and O–H groups in total. The first kappa shape index (κ1) is 17.8. The van der Waals surface area contributed by atoms with E-state index in [0.29, 0.717) is 22.6 Å². The molecule has 1 aromatic heterocycles. The van der Waals surface area contributed by atoms with Crippen molar-refractivity contribution in [3.05, 3.63) is 89.4 Å². The third-order valence-electron chi connectivity index (χ3n) is 3.59. The van der Waals surface area contributed by atoms with Crippen molar-refractivity contribution in [2.45, 2.75) is 6.61 Å². The van der Waals surface area contributed by atoms with Crippen molar-refractivity contribution in [1.82, 2.24) is 10.9 Å². The van der Waals surface area contributed by atoms with Gasteiger partial charge in [-0.05, 0) is 36.4 Å². The Bertz CT molecular complexity index is 990. The zero-order chi connectivity index (χ0) is 19.1. The molecule has 0 saturated heterocycles. The Labute approximate surface area is 155 Å². The van der Waals surface area contributed by atoms with Crippen LogP contribution in [0.25, 0.3) is 0 Å². The number of hydrogen-bond acceptors (Lipinski definition) is 5. The average Bonchev–Trinajstić information content (AvgIpc) is 3.20. The number of rotatable bonds is 5. The molecule has 0 aliphatic carbocycles. The number of amides is 2. The fraction of sp³-hybridized carbons (Fsp3) is 0.0500. The van der Waals surface area contributed by atoms with Gasteiger partial charge < -0.3 is 9.15 Å². The summed E-state index contributed by atoms with van der Waals surface area (Å²) in [7, 11) is 0. The van der Waals surface area contributed by atoms with E-state index in [4.69, 9.17) is 14.4 Å². The Hall–Kier alpha value is -4.05. The largest absolute Gasteiger partial charge is 0.484 e. The van der Waals surface area contributed by atoms with Crippen molar-refractivity contribution in [2.24, 2.45) is 0 Å². The van der Waals surface area contributed by atoms with Gasteiger partial charge in [-0.3, -0.25) is 20.4 Å². The molecule has 0 aliphatic heterocycles. The van der Waals surface area contributed by atoms with Gasteiger partial charge in [0.2, 0.25) is 0 Å². The fourth-order valence-corrected chi connectivity index (χ4v) is 2.25. The van der Waals surface area contributed by atoms with E-state index >= 15 is 0 Å². The summed E-state index contributed by atoms with van der Waals surface area (Å²) in [6, 6.07) is 20.4. The van der Waals surface area contributed by atoms with E-state index in [1.54, 1.807) is 60.7 Å². The molecule has 134 valence electrons. The molecule has 0 radical (unpaired) electrons. The van der Waals surface area contributed by atoms with E-state index in [1.807, 2.05) is 6.07 Å². The predicted molar refractivity (Wildman–Crippen MR) is 95.6 cm³/mol. The van der Waals surface area contributed by atoms with Crippen LogP contribution in [0.2, 0.25) is 0 Å². The lowest BCUT2D eigenvalue weighted by atomic mass is 10.2. The Balaban J connectivity index is 1.55. The molecule has 0 spiro atoms. The standard InChI is InChI=1S/C20H15N3O4/c21-12-15-8-4-5-9-17(15)26-13-16-10-11-18(27-16)20(25)23-22-19(24)14-6-2-1-3-7-14/h1-11H,13H2,(H,22,24)(H,23,25). The van der Waals surface area contributed by atoms with E-state index < -0.39 is 11.8 Å². The monoisotopic (exact) mass is 361 g/mol. The lowest BCUT2D eigenvalue weighted by Gasteiger charge is -2.06. The van der Waals surface area contributed by atoms with Crippen molar-refractivity contribution in [3.8, 4) is 11.8 Å². The second-order valence-electron chi connectivity index (χ2n) is 5.44. The van der Waals surface area contributed by atoms with E-state index in [2.05, 4.69) is 10.9 Å². The molecular formula is C20H15N3O4. The summed E-state index contributed by atoms with van der Waals surface area (Å²) in [5.41, 5.74) is 5.43. The molecule has 0 aliphatic rings. The Morgan fingerprint density at radius 3 is 2.41 bits per heavy atom. The van der Waals surface area contributed by atoms with Gasteiger partial charge in [0.05, 0.1) is 5.56 Å². The second-order valence-corrected chi connectivity index (χ2v) is 5.44. The SMILES string of the molecule is N#Cc1ccccc1OCc1ccc(C(=O)NNC(=O)c2ccccc2)o1. The van der Waals surface area contributed by atoms with Crippen LogP contribution >= 0.6 is 0 Å². The van der Waals surface area contributed by atoms with E-state index in [0.717, 1.165) is 0 Å². The van der Waals surface area contributed by atoms with Gasteiger partial charge in [0.1, 0.15) is 24.2 Å². The van der Waals surface area contributed by atoms with Gasteiger partial charge in [-0.1, -0.05) is 30.3 Å². The molecule has 2 aromatic carbocycles. The number of hydrogen-bond donors (Lipinski definition) is 2. The van der Waals surface area contributed by atoms with Crippen molar-refractivity contribution >= 4 is 11.8 Å². The Morgan fingerprint density at radius 1 is 0.926 bits per heavy atom. The van der Waals surface area contributed by atoms with Gasteiger partial charge in [0.15, 0.2) is 5.76 Å². The lowest BCUT2D eigenvalue weighted by molar-refractivity contribution is 0.0828. The Kier molecular flexibility index (Phi) is 5.50. The molecule has 0 bridgehead atoms. The number of nitriles is 1. The van der Waals surface area contributed by atoms with Crippen molar-refractivity contribution in [2.75, 3.05) is 0 Å². The molecule has 0 atom stereocenters. The number of carbonyl (C=O) groups is 2. The van der Waals surface area contributed by atoms with Crippen LogP contribution in [0.5, 0.6) is 5.75 Å². The average molecular weight is 361 g/mol. The third-order valence-corrected chi connectivity index (χ3v) is 3.59. The maximum absolute atomic E-state index is 12.1. The van der Waals surface area contributed by atoms with Gasteiger partial charge in [0.25, 0.3) is 5.91 Å². The van der Waals surface area contributed by atoms with Gasteiger partial charge in [-0.25, -0.2) is 0 Å². The summed E-state index contributed by atoms with van der Waals surface area (Å²) >= 11 is 0. The molecule has 0 unspecified atom stereocenters. The number of nitrogens with zero attached hydrogens (tertiary/aromatic N) is 1. The maximum Gasteiger partial charge on any atom is 0.305 e. The molecule has 7 nitrogen and oxygen atoms in total. The highest BCUT2D eigenvalue weighted by Gasteiger charge is 2.13. The van der Waals surface area contributed by atoms with Crippen LogP contribution in [0.4, 0.5) is 0 Å². The minimum Gasteiger partial charge on any atom is -0.484 e. The minimum atomic E-state index is -0.594. The number of hydrazine groups is 1. The van der Waals surface area contributed by atoms with Crippen LogP contribution in [-0.4, -0.2) is 11.8 Å². The van der Waals surface area contributed by atoms with Crippen molar-refractivity contribution in [1.29, 1.82) is 5.26 Å². The highest BCUT2D eigenvalue weighted by Crippen LogP contribution is 2.19. The summed E-state index contributed by atoms with van der Waals surface area (Å²) in [5, 5.41) is 9.04. The van der Waals surface area contributed by atoms with Crippen LogP contribution in [0.1, 0.15) is 32.2 Å². The number of nitrogens with one attached hydrogen (secondary N) is 2. The predicted octanol–water partition coefficient (Wildman–Crippen LogP) is 2.81. The zero-order valence-corrected chi connectivity index (χ0v) is 14.1. The first-order chi connectivity index (χ1) is 13.2. The zero-order valence-electron chi connectivity index (χ0n) is 14.1. The lowest BCUT2D eigenvalue weighted by Crippen LogP contribution is -2.41. The molecule has 2 amide bonds. The first-order valence-corrected chi connectivity index (χ1v) is 8.04. The first-order valence-electron chi connectivity index (χ1n) is 8.04. The van der Waals surface area contributed by atoms with Crippen LogP contribution < -0.4 is 15.6 Å². The van der Waals surface area contributed by atoms with Crippen LogP contribution in [-0.2, 0) is 6.61 Å². The maximum atomic E-state index is 12.1. The highest BCUT2D eigenvalue weighted by atomic mass is 16.5. The molecule has 7 heteroatoms. The third kappa shape index (κ3) is 4.52. The summed E-state index contributed by atoms with van der Waals surface area (Å²) in [4.78, 5) is 24.0. The molecule has 27 heavy (non-hydrogen) atoms. The van der Waals surface area contributed by atoms with E-state index in [1.165, 1.54) is 6.07 Å². The Morgan fingerprint density at radius 2 is 1.63 bits per heavy atom. The van der Waals surface area contributed by atoms with Gasteiger partial charge in [0, 0.05) is 5.56 Å². The topological polar surface area (TPSA) is 104 Å². The van der Waals surface area contributed by atoms with Crippen LogP contribution in [0.15, 0.2) is 71.1 Å². The van der Waals surface area contributed by atoms with E-state index in [9.17, 15) is 9.59 Å². The molecule has 0 fully saturated rings. The summed E-state index contributed by atoms with van der Waals surface area (Å²) in [5.74, 6) is -0.175. The smallest absolute Gasteiger partial charge is 0.305 e. The van der Waals surface area contributed by atoms with Crippen molar-refractivity contribution < 1.29 is 18.7 Å². The van der Waals surface area contributed by atoms with Gasteiger partial charge in [-0.15, -0.1) is 0 Å². The fourth-order valence-electron chi connectivity index (χ4n) is 2.25. The molecule has 0 saturated carbocycles. The molecule has 3 aromatic rings. The van der Waals surface area contributed by atoms with Gasteiger partial charge in [-0.2, -0.15) is 5.26 Å².